The van der Waals surface area contributed by atoms with Crippen molar-refractivity contribution in [2.75, 3.05) is 13.2 Å². The number of hydrogen-bond acceptors (Lipinski definition) is 6. The fourth-order valence-corrected chi connectivity index (χ4v) is 7.43. The van der Waals surface area contributed by atoms with E-state index in [1.165, 1.54) is 103 Å². The van der Waals surface area contributed by atoms with Gasteiger partial charge in [0, 0.05) is 19.3 Å². The number of ether oxygens (including phenoxy) is 3. The van der Waals surface area contributed by atoms with Gasteiger partial charge in [-0.05, 0) is 96.3 Å². The van der Waals surface area contributed by atoms with Crippen molar-refractivity contribution in [2.45, 2.75) is 258 Å². The second-order valence-corrected chi connectivity index (χ2v) is 18.1. The number of rotatable bonds is 49. The van der Waals surface area contributed by atoms with Crippen LogP contribution in [-0.2, 0) is 28.6 Å². The van der Waals surface area contributed by atoms with Crippen LogP contribution < -0.4 is 0 Å². The first-order chi connectivity index (χ1) is 33.0. The monoisotopic (exact) mass is 931 g/mol. The van der Waals surface area contributed by atoms with Crippen molar-refractivity contribution in [3.8, 4) is 0 Å². The minimum Gasteiger partial charge on any atom is -0.462 e. The Labute approximate surface area is 413 Å². The third-order valence-electron chi connectivity index (χ3n) is 11.6. The van der Waals surface area contributed by atoms with Gasteiger partial charge in [-0.15, -0.1) is 0 Å². The molecule has 0 heterocycles. The minimum atomic E-state index is -0.812. The third kappa shape index (κ3) is 53.2. The van der Waals surface area contributed by atoms with Gasteiger partial charge in [0.15, 0.2) is 6.10 Å². The van der Waals surface area contributed by atoms with Crippen molar-refractivity contribution >= 4 is 17.9 Å². The predicted octanol–water partition coefficient (Wildman–Crippen LogP) is 18.5. The summed E-state index contributed by atoms with van der Waals surface area (Å²) in [6, 6.07) is 0. The molecule has 1 atom stereocenters. The van der Waals surface area contributed by atoms with Crippen molar-refractivity contribution in [1.82, 2.24) is 0 Å². The van der Waals surface area contributed by atoms with Gasteiger partial charge >= 0.3 is 17.9 Å². The molecule has 0 spiro atoms. The molecule has 0 fully saturated rings. The first-order valence-electron chi connectivity index (χ1n) is 27.7. The zero-order valence-electron chi connectivity index (χ0n) is 43.6. The molecular formula is C61H102O6. The van der Waals surface area contributed by atoms with Crippen LogP contribution in [0.3, 0.4) is 0 Å². The van der Waals surface area contributed by atoms with Crippen LogP contribution in [0.15, 0.2) is 97.2 Å². The Morgan fingerprint density at radius 1 is 0.313 bits per heavy atom. The number of carbonyl (C=O) groups excluding carboxylic acids is 3. The molecule has 0 amide bonds. The highest BCUT2D eigenvalue weighted by atomic mass is 16.6. The topological polar surface area (TPSA) is 78.9 Å². The summed E-state index contributed by atoms with van der Waals surface area (Å²) < 4.78 is 16.8. The number of esters is 3. The Bertz CT molecular complexity index is 1350. The fourth-order valence-electron chi connectivity index (χ4n) is 7.43. The summed E-state index contributed by atoms with van der Waals surface area (Å²) in [7, 11) is 0. The van der Waals surface area contributed by atoms with Crippen LogP contribution in [0.4, 0.5) is 0 Å². The molecule has 0 saturated carbocycles. The summed E-state index contributed by atoms with van der Waals surface area (Å²) in [6.07, 6.45) is 72.5. The fraction of sp³-hybridized carbons (Fsp3) is 0.689. The molecule has 0 aliphatic heterocycles. The number of allylic oxidation sites excluding steroid dienone is 16. The van der Waals surface area contributed by atoms with Gasteiger partial charge < -0.3 is 14.2 Å². The van der Waals surface area contributed by atoms with Gasteiger partial charge in [0.2, 0.25) is 0 Å². The lowest BCUT2D eigenvalue weighted by Gasteiger charge is -2.18. The van der Waals surface area contributed by atoms with E-state index in [2.05, 4.69) is 118 Å². The molecule has 0 rings (SSSR count). The average molecular weight is 931 g/mol. The van der Waals surface area contributed by atoms with Gasteiger partial charge in [0.1, 0.15) is 13.2 Å². The molecule has 0 aliphatic carbocycles. The van der Waals surface area contributed by atoms with Gasteiger partial charge in [-0.3, -0.25) is 14.4 Å². The molecule has 0 saturated heterocycles. The van der Waals surface area contributed by atoms with Crippen molar-refractivity contribution < 1.29 is 28.6 Å². The largest absolute Gasteiger partial charge is 0.462 e. The van der Waals surface area contributed by atoms with Crippen molar-refractivity contribution in [2.24, 2.45) is 0 Å². The molecule has 6 nitrogen and oxygen atoms in total. The highest BCUT2D eigenvalue weighted by Gasteiger charge is 2.19. The molecule has 0 aromatic rings. The van der Waals surface area contributed by atoms with Crippen molar-refractivity contribution in [3.63, 3.8) is 0 Å². The molecule has 0 aromatic carbocycles. The molecule has 0 N–H and O–H groups in total. The van der Waals surface area contributed by atoms with Crippen LogP contribution in [0.1, 0.15) is 252 Å². The Morgan fingerprint density at radius 2 is 0.597 bits per heavy atom. The molecule has 0 aromatic heterocycles. The van der Waals surface area contributed by atoms with E-state index in [-0.39, 0.29) is 44.0 Å². The Hall–Kier alpha value is -3.67. The van der Waals surface area contributed by atoms with Crippen LogP contribution in [0.25, 0.3) is 0 Å². The maximum Gasteiger partial charge on any atom is 0.306 e. The zero-order chi connectivity index (χ0) is 48.6. The first-order valence-corrected chi connectivity index (χ1v) is 27.7. The normalized spacial score (nSPS) is 12.8. The van der Waals surface area contributed by atoms with Gasteiger partial charge in [0.05, 0.1) is 0 Å². The van der Waals surface area contributed by atoms with E-state index in [1.807, 2.05) is 0 Å². The summed E-state index contributed by atoms with van der Waals surface area (Å²) >= 11 is 0. The van der Waals surface area contributed by atoms with Gasteiger partial charge in [0.25, 0.3) is 0 Å². The summed E-state index contributed by atoms with van der Waals surface area (Å²) in [5.41, 5.74) is 0. The lowest BCUT2D eigenvalue weighted by molar-refractivity contribution is -0.167. The van der Waals surface area contributed by atoms with Crippen LogP contribution in [0, 0.1) is 0 Å². The van der Waals surface area contributed by atoms with Gasteiger partial charge in [-0.25, -0.2) is 0 Å². The number of unbranched alkanes of at least 4 members (excludes halogenated alkanes) is 22. The van der Waals surface area contributed by atoms with E-state index < -0.39 is 6.10 Å². The Balaban J connectivity index is 4.52. The van der Waals surface area contributed by atoms with Crippen molar-refractivity contribution in [1.29, 1.82) is 0 Å². The highest BCUT2D eigenvalue weighted by molar-refractivity contribution is 5.71. The smallest absolute Gasteiger partial charge is 0.306 e. The second kappa shape index (κ2) is 54.9. The van der Waals surface area contributed by atoms with Gasteiger partial charge in [-0.2, -0.15) is 0 Å². The van der Waals surface area contributed by atoms with E-state index in [0.29, 0.717) is 12.8 Å². The molecule has 382 valence electrons. The number of carbonyl (C=O) groups is 3. The summed E-state index contributed by atoms with van der Waals surface area (Å²) in [5.74, 6) is -0.984. The standard InChI is InChI=1S/C61H102O6/c1-4-7-10-13-16-19-22-25-28-30-33-36-39-42-45-48-51-54-60(63)66-57-58(56-65-59(62)53-50-47-44-41-38-35-32-27-24-21-18-15-12-9-6-3)67-61(64)55-52-49-46-43-40-37-34-31-29-26-23-20-17-14-11-8-5-2/h8,11,16-17,19-20,25-26,28-29,33-34,36-37,42,45,58H,4-7,9-10,12-15,18,21-24,27,30-32,35,38-41,43-44,46-57H2,1-3H3/b11-8-,19-16-,20-17-,28-25-,29-26-,36-33-,37-34-,45-42-/t58-/m0/s1. The molecule has 6 heteroatoms. The molecule has 0 aliphatic rings. The predicted molar refractivity (Wildman–Crippen MR) is 288 cm³/mol. The van der Waals surface area contributed by atoms with Crippen molar-refractivity contribution in [3.05, 3.63) is 97.2 Å². The first kappa shape index (κ1) is 63.3. The van der Waals surface area contributed by atoms with E-state index in [4.69, 9.17) is 14.2 Å². The molecule has 67 heavy (non-hydrogen) atoms. The molecular weight excluding hydrogens is 829 g/mol. The van der Waals surface area contributed by atoms with E-state index >= 15 is 0 Å². The van der Waals surface area contributed by atoms with E-state index in [1.54, 1.807) is 0 Å². The highest BCUT2D eigenvalue weighted by Crippen LogP contribution is 2.15. The summed E-state index contributed by atoms with van der Waals surface area (Å²) in [6.45, 7) is 6.44. The van der Waals surface area contributed by atoms with E-state index in [9.17, 15) is 14.4 Å². The molecule has 0 unspecified atom stereocenters. The quantitative estimate of drug-likeness (QED) is 0.0262. The van der Waals surface area contributed by atoms with Crippen LogP contribution >= 0.6 is 0 Å². The van der Waals surface area contributed by atoms with Crippen LogP contribution in [0.2, 0.25) is 0 Å². The van der Waals surface area contributed by atoms with Crippen LogP contribution in [0.5, 0.6) is 0 Å². The molecule has 0 bridgehead atoms. The lowest BCUT2D eigenvalue weighted by Crippen LogP contribution is -2.30. The summed E-state index contributed by atoms with van der Waals surface area (Å²) in [5, 5.41) is 0. The lowest BCUT2D eigenvalue weighted by atomic mass is 10.0. The maximum absolute atomic E-state index is 12.8. The van der Waals surface area contributed by atoms with E-state index in [0.717, 1.165) is 103 Å². The summed E-state index contributed by atoms with van der Waals surface area (Å²) in [4.78, 5) is 38.1. The minimum absolute atomic E-state index is 0.103. The van der Waals surface area contributed by atoms with Crippen LogP contribution in [-0.4, -0.2) is 37.2 Å². The third-order valence-corrected chi connectivity index (χ3v) is 11.6. The maximum atomic E-state index is 12.8. The SMILES string of the molecule is CC/C=C\C/C=C\C/C=C\C/C=C\CCCCCCC(=O)O[C@H](COC(=O)CCC/C=C\C/C=C\C/C=C\C/C=C\CCCCC)COC(=O)CCCCCCCCCCCCCCCCC. The Kier molecular flexibility index (Phi) is 51.9. The Morgan fingerprint density at radius 3 is 1.00 bits per heavy atom. The molecule has 0 radical (unpaired) electrons. The second-order valence-electron chi connectivity index (χ2n) is 18.1. The average Bonchev–Trinajstić information content (AvgIpc) is 3.33. The zero-order valence-corrected chi connectivity index (χ0v) is 43.6. The van der Waals surface area contributed by atoms with Gasteiger partial charge in [-0.1, -0.05) is 234 Å². The number of hydrogen-bond donors (Lipinski definition) is 0.